The Balaban J connectivity index is 2.09. The van der Waals surface area contributed by atoms with Crippen LogP contribution < -0.4 is 5.32 Å². The van der Waals surface area contributed by atoms with Crippen LogP contribution in [0.5, 0.6) is 0 Å². The molecule has 0 saturated carbocycles. The topological polar surface area (TPSA) is 107 Å². The van der Waals surface area contributed by atoms with E-state index in [1.165, 1.54) is 12.1 Å². The molecule has 1 amide bonds. The van der Waals surface area contributed by atoms with Crippen LogP contribution in [0.25, 0.3) is 16.9 Å². The van der Waals surface area contributed by atoms with Crippen molar-refractivity contribution in [1.82, 2.24) is 9.78 Å². The first kappa shape index (κ1) is 20.3. The van der Waals surface area contributed by atoms with Crippen molar-refractivity contribution in [3.63, 3.8) is 0 Å². The van der Waals surface area contributed by atoms with Gasteiger partial charge in [0, 0.05) is 17.5 Å². The summed E-state index contributed by atoms with van der Waals surface area (Å²) >= 11 is 0. The minimum absolute atomic E-state index is 0.129. The molecule has 2 aromatic carbocycles. The number of aromatic nitrogens is 2. The predicted octanol–water partition coefficient (Wildman–Crippen LogP) is 2.69. The number of anilines is 1. The lowest BCUT2D eigenvalue weighted by Crippen LogP contribution is -2.07. The van der Waals surface area contributed by atoms with Crippen molar-refractivity contribution in [2.24, 2.45) is 0 Å². The number of hydrogen-bond acceptors (Lipinski definition) is 6. The van der Waals surface area contributed by atoms with Crippen LogP contribution in [-0.2, 0) is 19.4 Å². The average Bonchev–Trinajstić information content (AvgIpc) is 3.14. The highest BCUT2D eigenvalue weighted by atomic mass is 32.2. The second kappa shape index (κ2) is 8.27. The second-order valence-corrected chi connectivity index (χ2v) is 8.17. The van der Waals surface area contributed by atoms with E-state index < -0.39 is 15.8 Å². The maximum Gasteiger partial charge on any atom is 0.358 e. The molecule has 0 aliphatic heterocycles. The summed E-state index contributed by atoms with van der Waals surface area (Å²) in [4.78, 5) is 23.0. The van der Waals surface area contributed by atoms with Crippen LogP contribution in [0.3, 0.4) is 0 Å². The van der Waals surface area contributed by atoms with Crippen molar-refractivity contribution >= 4 is 27.9 Å². The average molecular weight is 413 g/mol. The maximum absolute atomic E-state index is 12.2. The number of benzene rings is 2. The number of carbonyl (C=O) groups excluding carboxylic acids is 2. The zero-order valence-corrected chi connectivity index (χ0v) is 16.6. The number of rotatable bonds is 7. The zero-order chi connectivity index (χ0) is 21.0. The number of nitrogens with zero attached hydrogens (tertiary/aromatic N) is 2. The van der Waals surface area contributed by atoms with E-state index >= 15 is 0 Å². The summed E-state index contributed by atoms with van der Waals surface area (Å²) in [7, 11) is -3.32. The van der Waals surface area contributed by atoms with Crippen LogP contribution in [-0.4, -0.2) is 43.4 Å². The third kappa shape index (κ3) is 4.52. The van der Waals surface area contributed by atoms with Crippen molar-refractivity contribution in [2.45, 2.75) is 11.8 Å². The fourth-order valence-corrected chi connectivity index (χ4v) is 3.36. The van der Waals surface area contributed by atoms with Gasteiger partial charge in [-0.25, -0.2) is 17.9 Å². The molecule has 1 aromatic heterocycles. The van der Waals surface area contributed by atoms with Gasteiger partial charge >= 0.3 is 5.97 Å². The molecule has 8 nitrogen and oxygen atoms in total. The molecule has 150 valence electrons. The number of esters is 1. The van der Waals surface area contributed by atoms with E-state index in [0.717, 1.165) is 6.26 Å². The van der Waals surface area contributed by atoms with Crippen molar-refractivity contribution in [3.8, 4) is 16.9 Å². The molecule has 0 atom stereocenters. The number of ether oxygens (including phenoxy) is 1. The summed E-state index contributed by atoms with van der Waals surface area (Å²) in [6, 6.07) is 14.8. The van der Waals surface area contributed by atoms with Gasteiger partial charge in [0.2, 0.25) is 6.41 Å². The fraction of sp³-hybridized carbons (Fsp3) is 0.150. The molecule has 0 fully saturated rings. The van der Waals surface area contributed by atoms with Crippen LogP contribution >= 0.6 is 0 Å². The van der Waals surface area contributed by atoms with Gasteiger partial charge in [-0.2, -0.15) is 5.10 Å². The zero-order valence-electron chi connectivity index (χ0n) is 15.8. The van der Waals surface area contributed by atoms with E-state index in [2.05, 4.69) is 10.4 Å². The van der Waals surface area contributed by atoms with Gasteiger partial charge in [-0.1, -0.05) is 12.1 Å². The molecule has 29 heavy (non-hydrogen) atoms. The Bertz CT molecular complexity index is 1130. The van der Waals surface area contributed by atoms with Crippen LogP contribution in [0.1, 0.15) is 17.4 Å². The van der Waals surface area contributed by atoms with Gasteiger partial charge in [-0.05, 0) is 49.4 Å². The predicted molar refractivity (Wildman–Crippen MR) is 108 cm³/mol. The first-order chi connectivity index (χ1) is 13.8. The molecule has 0 unspecified atom stereocenters. The molecule has 0 aliphatic rings. The third-order valence-electron chi connectivity index (χ3n) is 4.11. The van der Waals surface area contributed by atoms with Crippen molar-refractivity contribution < 1.29 is 22.7 Å². The van der Waals surface area contributed by atoms with E-state index in [-0.39, 0.29) is 17.2 Å². The highest BCUT2D eigenvalue weighted by molar-refractivity contribution is 7.90. The van der Waals surface area contributed by atoms with E-state index in [1.54, 1.807) is 54.1 Å². The third-order valence-corrected chi connectivity index (χ3v) is 5.24. The van der Waals surface area contributed by atoms with Crippen LogP contribution in [0.15, 0.2) is 59.5 Å². The Kier molecular flexibility index (Phi) is 5.79. The second-order valence-electron chi connectivity index (χ2n) is 6.15. The van der Waals surface area contributed by atoms with Gasteiger partial charge in [-0.15, -0.1) is 0 Å². The van der Waals surface area contributed by atoms with E-state index in [9.17, 15) is 18.0 Å². The summed E-state index contributed by atoms with van der Waals surface area (Å²) < 4.78 is 30.0. The molecule has 0 aliphatic carbocycles. The SMILES string of the molecule is CCOC(=O)c1cc(-c2ccc(S(C)(=O)=O)cc2)n(-c2ccc(NC=O)cc2)n1. The Labute approximate surface area is 168 Å². The van der Waals surface area contributed by atoms with Crippen molar-refractivity contribution in [1.29, 1.82) is 0 Å². The number of amides is 1. The standard InChI is InChI=1S/C20H19N3O5S/c1-3-28-20(25)18-12-19(14-4-10-17(11-5-14)29(2,26)27)23(22-18)16-8-6-15(7-9-16)21-13-24/h4-13H,3H2,1-2H3,(H,21,24). The lowest BCUT2D eigenvalue weighted by atomic mass is 10.1. The van der Waals surface area contributed by atoms with Gasteiger partial charge in [-0.3, -0.25) is 4.79 Å². The van der Waals surface area contributed by atoms with E-state index in [0.29, 0.717) is 29.0 Å². The highest BCUT2D eigenvalue weighted by Gasteiger charge is 2.18. The summed E-state index contributed by atoms with van der Waals surface area (Å²) in [5.74, 6) is -0.556. The van der Waals surface area contributed by atoms with Crippen LogP contribution in [0, 0.1) is 0 Å². The first-order valence-corrected chi connectivity index (χ1v) is 10.6. The molecule has 0 bridgehead atoms. The van der Waals surface area contributed by atoms with Gasteiger partial charge in [0.25, 0.3) is 0 Å². The summed E-state index contributed by atoms with van der Waals surface area (Å²) in [5.41, 5.74) is 2.66. The summed E-state index contributed by atoms with van der Waals surface area (Å²) in [5, 5.41) is 6.91. The van der Waals surface area contributed by atoms with Gasteiger partial charge in [0.1, 0.15) is 0 Å². The Hall–Kier alpha value is -3.46. The number of sulfone groups is 1. The molecule has 0 radical (unpaired) electrons. The monoisotopic (exact) mass is 413 g/mol. The maximum atomic E-state index is 12.2. The number of nitrogens with one attached hydrogen (secondary N) is 1. The summed E-state index contributed by atoms with van der Waals surface area (Å²) in [6.07, 6.45) is 1.72. The fourth-order valence-electron chi connectivity index (χ4n) is 2.73. The normalized spacial score (nSPS) is 11.1. The summed E-state index contributed by atoms with van der Waals surface area (Å²) in [6.45, 7) is 1.93. The highest BCUT2D eigenvalue weighted by Crippen LogP contribution is 2.26. The van der Waals surface area contributed by atoms with Crippen molar-refractivity contribution in [3.05, 3.63) is 60.3 Å². The molecular weight excluding hydrogens is 394 g/mol. The van der Waals surface area contributed by atoms with Gasteiger partial charge < -0.3 is 10.1 Å². The minimum atomic E-state index is -3.32. The van der Waals surface area contributed by atoms with Crippen LogP contribution in [0.4, 0.5) is 5.69 Å². The van der Waals surface area contributed by atoms with Gasteiger partial charge in [0.15, 0.2) is 15.5 Å². The molecule has 3 rings (SSSR count). The lowest BCUT2D eigenvalue weighted by Gasteiger charge is -2.09. The van der Waals surface area contributed by atoms with Gasteiger partial charge in [0.05, 0.1) is 22.9 Å². The number of carbonyl (C=O) groups is 2. The number of hydrogen-bond donors (Lipinski definition) is 1. The molecule has 9 heteroatoms. The molecule has 3 aromatic rings. The van der Waals surface area contributed by atoms with E-state index in [1.807, 2.05) is 0 Å². The molecule has 0 saturated heterocycles. The minimum Gasteiger partial charge on any atom is -0.461 e. The molecule has 0 spiro atoms. The molecular formula is C20H19N3O5S. The Morgan fingerprint density at radius 3 is 2.34 bits per heavy atom. The van der Waals surface area contributed by atoms with Crippen molar-refractivity contribution in [2.75, 3.05) is 18.2 Å². The van der Waals surface area contributed by atoms with Crippen LogP contribution in [0.2, 0.25) is 0 Å². The quantitative estimate of drug-likeness (QED) is 0.471. The smallest absolute Gasteiger partial charge is 0.358 e. The molecule has 1 heterocycles. The largest absolute Gasteiger partial charge is 0.461 e. The Morgan fingerprint density at radius 1 is 1.14 bits per heavy atom. The molecule has 1 N–H and O–H groups in total. The van der Waals surface area contributed by atoms with E-state index in [4.69, 9.17) is 4.74 Å². The first-order valence-electron chi connectivity index (χ1n) is 8.72. The lowest BCUT2D eigenvalue weighted by molar-refractivity contribution is -0.105. The Morgan fingerprint density at radius 2 is 1.79 bits per heavy atom.